The van der Waals surface area contributed by atoms with Crippen LogP contribution in [0.25, 0.3) is 6.08 Å². The molecule has 5 nitrogen and oxygen atoms in total. The smallest absolute Gasteiger partial charge is 0.330 e. The summed E-state index contributed by atoms with van der Waals surface area (Å²) in [4.78, 5) is 26.9. The van der Waals surface area contributed by atoms with Crippen molar-refractivity contribution in [3.8, 4) is 0 Å². The maximum Gasteiger partial charge on any atom is 0.330 e. The van der Waals surface area contributed by atoms with Gasteiger partial charge in [0.15, 0.2) is 0 Å². The first kappa shape index (κ1) is 13.9. The Morgan fingerprint density at radius 1 is 1.33 bits per heavy atom. The number of methoxy groups -OCH3 is 1. The van der Waals surface area contributed by atoms with Crippen molar-refractivity contribution in [1.82, 2.24) is 10.3 Å². The van der Waals surface area contributed by atoms with Gasteiger partial charge in [0.1, 0.15) is 5.54 Å². The summed E-state index contributed by atoms with van der Waals surface area (Å²) in [6.07, 6.45) is 6.27. The minimum atomic E-state index is -1.05. The fourth-order valence-electron chi connectivity index (χ4n) is 1.30. The fourth-order valence-corrected chi connectivity index (χ4v) is 1.30. The van der Waals surface area contributed by atoms with Crippen LogP contribution in [0.5, 0.6) is 0 Å². The van der Waals surface area contributed by atoms with Crippen LogP contribution in [0.3, 0.4) is 0 Å². The number of carbonyl (C=O) groups is 2. The lowest BCUT2D eigenvalue weighted by molar-refractivity contribution is -0.148. The molecule has 18 heavy (non-hydrogen) atoms. The summed E-state index contributed by atoms with van der Waals surface area (Å²) >= 11 is 0. The summed E-state index contributed by atoms with van der Waals surface area (Å²) in [6, 6.07) is 3.55. The first-order valence-electron chi connectivity index (χ1n) is 5.44. The average Bonchev–Trinajstić information content (AvgIpc) is 2.36. The van der Waals surface area contributed by atoms with Crippen molar-refractivity contribution in [2.24, 2.45) is 0 Å². The third kappa shape index (κ3) is 4.01. The normalized spacial score (nSPS) is 11.3. The predicted octanol–water partition coefficient (Wildman–Crippen LogP) is 1.16. The zero-order valence-corrected chi connectivity index (χ0v) is 10.6. The van der Waals surface area contributed by atoms with Crippen molar-refractivity contribution < 1.29 is 14.3 Å². The molecule has 0 bridgehead atoms. The zero-order chi connectivity index (χ0) is 13.6. The molecular weight excluding hydrogens is 232 g/mol. The third-order valence-electron chi connectivity index (χ3n) is 2.26. The van der Waals surface area contributed by atoms with Crippen LogP contribution in [-0.4, -0.2) is 29.5 Å². The number of carbonyl (C=O) groups excluding carboxylic acids is 2. The van der Waals surface area contributed by atoms with Gasteiger partial charge in [0.25, 0.3) is 0 Å². The van der Waals surface area contributed by atoms with Crippen LogP contribution in [0.15, 0.2) is 30.6 Å². The van der Waals surface area contributed by atoms with Gasteiger partial charge >= 0.3 is 5.97 Å². The van der Waals surface area contributed by atoms with Gasteiger partial charge in [0.05, 0.1) is 7.11 Å². The number of nitrogens with zero attached hydrogens (tertiary/aromatic N) is 1. The molecule has 0 fully saturated rings. The lowest BCUT2D eigenvalue weighted by Gasteiger charge is -2.22. The van der Waals surface area contributed by atoms with Crippen LogP contribution < -0.4 is 5.32 Å². The number of hydrogen-bond donors (Lipinski definition) is 1. The predicted molar refractivity (Wildman–Crippen MR) is 67.5 cm³/mol. The molecule has 0 saturated heterocycles. The number of esters is 1. The number of aromatic nitrogens is 1. The molecule has 0 aliphatic heterocycles. The second kappa shape index (κ2) is 5.95. The Labute approximate surface area is 106 Å². The molecule has 1 aromatic heterocycles. The Kier molecular flexibility index (Phi) is 4.59. The van der Waals surface area contributed by atoms with E-state index in [0.29, 0.717) is 0 Å². The summed E-state index contributed by atoms with van der Waals surface area (Å²) < 4.78 is 4.59. The molecule has 1 heterocycles. The van der Waals surface area contributed by atoms with Gasteiger partial charge in [0, 0.05) is 18.5 Å². The van der Waals surface area contributed by atoms with E-state index in [9.17, 15) is 9.59 Å². The molecule has 0 radical (unpaired) electrons. The molecule has 0 unspecified atom stereocenters. The number of rotatable bonds is 4. The van der Waals surface area contributed by atoms with Gasteiger partial charge in [-0.25, -0.2) is 4.79 Å². The number of nitrogens with one attached hydrogen (secondary N) is 1. The molecule has 0 saturated carbocycles. The molecule has 1 rings (SSSR count). The van der Waals surface area contributed by atoms with Crippen molar-refractivity contribution in [3.63, 3.8) is 0 Å². The van der Waals surface area contributed by atoms with Gasteiger partial charge < -0.3 is 10.1 Å². The monoisotopic (exact) mass is 248 g/mol. The number of amides is 1. The van der Waals surface area contributed by atoms with Gasteiger partial charge in [-0.15, -0.1) is 0 Å². The standard InChI is InChI=1S/C13H16N2O3/c1-13(2,12(17)18-3)15-11(16)5-4-10-6-8-14-9-7-10/h4-9H,1-3H3,(H,15,16). The first-order valence-corrected chi connectivity index (χ1v) is 5.44. The Morgan fingerprint density at radius 3 is 2.50 bits per heavy atom. The van der Waals surface area contributed by atoms with Crippen molar-refractivity contribution in [2.45, 2.75) is 19.4 Å². The molecule has 96 valence electrons. The highest BCUT2D eigenvalue weighted by molar-refractivity contribution is 5.95. The van der Waals surface area contributed by atoms with Crippen molar-refractivity contribution >= 4 is 18.0 Å². The molecule has 0 aliphatic carbocycles. The first-order chi connectivity index (χ1) is 8.45. The molecule has 0 atom stereocenters. The quantitative estimate of drug-likeness (QED) is 0.641. The SMILES string of the molecule is COC(=O)C(C)(C)NC(=O)C=Cc1ccncc1. The van der Waals surface area contributed by atoms with Gasteiger partial charge in [0.2, 0.25) is 5.91 Å². The zero-order valence-electron chi connectivity index (χ0n) is 10.6. The van der Waals surface area contributed by atoms with Crippen LogP contribution in [0.1, 0.15) is 19.4 Å². The highest BCUT2D eigenvalue weighted by Gasteiger charge is 2.29. The van der Waals surface area contributed by atoms with E-state index in [4.69, 9.17) is 0 Å². The second-order valence-electron chi connectivity index (χ2n) is 4.22. The maximum atomic E-state index is 11.6. The van der Waals surface area contributed by atoms with E-state index >= 15 is 0 Å². The van der Waals surface area contributed by atoms with Crippen LogP contribution in [-0.2, 0) is 14.3 Å². The van der Waals surface area contributed by atoms with E-state index in [1.54, 1.807) is 44.4 Å². The Morgan fingerprint density at radius 2 is 1.94 bits per heavy atom. The molecule has 5 heteroatoms. The van der Waals surface area contributed by atoms with Crippen molar-refractivity contribution in [3.05, 3.63) is 36.2 Å². The number of pyridine rings is 1. The third-order valence-corrected chi connectivity index (χ3v) is 2.26. The van der Waals surface area contributed by atoms with E-state index in [-0.39, 0.29) is 5.91 Å². The number of ether oxygens (including phenoxy) is 1. The highest BCUT2D eigenvalue weighted by atomic mass is 16.5. The molecule has 1 N–H and O–H groups in total. The minimum Gasteiger partial charge on any atom is -0.467 e. The number of hydrogen-bond acceptors (Lipinski definition) is 4. The average molecular weight is 248 g/mol. The molecule has 0 aliphatic rings. The van der Waals surface area contributed by atoms with E-state index in [2.05, 4.69) is 15.0 Å². The molecular formula is C13H16N2O3. The summed E-state index contributed by atoms with van der Waals surface area (Å²) in [6.45, 7) is 3.16. The topological polar surface area (TPSA) is 68.3 Å². The van der Waals surface area contributed by atoms with E-state index < -0.39 is 11.5 Å². The second-order valence-corrected chi connectivity index (χ2v) is 4.22. The van der Waals surface area contributed by atoms with Gasteiger partial charge in [-0.1, -0.05) is 0 Å². The molecule has 0 aromatic carbocycles. The Balaban J connectivity index is 2.62. The largest absolute Gasteiger partial charge is 0.467 e. The minimum absolute atomic E-state index is 0.359. The molecule has 1 aromatic rings. The van der Waals surface area contributed by atoms with Crippen LogP contribution in [0, 0.1) is 0 Å². The van der Waals surface area contributed by atoms with Gasteiger partial charge in [-0.2, -0.15) is 0 Å². The maximum absolute atomic E-state index is 11.6. The summed E-state index contributed by atoms with van der Waals surface area (Å²) in [5, 5.41) is 2.56. The highest BCUT2D eigenvalue weighted by Crippen LogP contribution is 2.05. The van der Waals surface area contributed by atoms with E-state index in [1.807, 2.05) is 0 Å². The van der Waals surface area contributed by atoms with Crippen molar-refractivity contribution in [2.75, 3.05) is 7.11 Å². The lowest BCUT2D eigenvalue weighted by Crippen LogP contribution is -2.49. The van der Waals surface area contributed by atoms with Crippen LogP contribution in [0.4, 0.5) is 0 Å². The molecule has 1 amide bonds. The Hall–Kier alpha value is -2.17. The van der Waals surface area contributed by atoms with Crippen molar-refractivity contribution in [1.29, 1.82) is 0 Å². The van der Waals surface area contributed by atoms with Gasteiger partial charge in [-0.05, 0) is 37.6 Å². The fraction of sp³-hybridized carbons (Fsp3) is 0.308. The summed E-state index contributed by atoms with van der Waals surface area (Å²) in [7, 11) is 1.28. The van der Waals surface area contributed by atoms with E-state index in [1.165, 1.54) is 13.2 Å². The summed E-state index contributed by atoms with van der Waals surface area (Å²) in [5.74, 6) is -0.852. The Bertz CT molecular complexity index is 453. The summed E-state index contributed by atoms with van der Waals surface area (Å²) in [5.41, 5.74) is -0.190. The van der Waals surface area contributed by atoms with Gasteiger partial charge in [-0.3, -0.25) is 9.78 Å². The van der Waals surface area contributed by atoms with Crippen LogP contribution >= 0.6 is 0 Å². The van der Waals surface area contributed by atoms with Crippen LogP contribution in [0.2, 0.25) is 0 Å². The van der Waals surface area contributed by atoms with E-state index in [0.717, 1.165) is 5.56 Å². The molecule has 0 spiro atoms. The lowest BCUT2D eigenvalue weighted by atomic mass is 10.1.